The van der Waals surface area contributed by atoms with Crippen molar-refractivity contribution in [3.05, 3.63) is 35.7 Å². The van der Waals surface area contributed by atoms with Crippen LogP contribution in [0.15, 0.2) is 30.7 Å². The van der Waals surface area contributed by atoms with Gasteiger partial charge in [0.15, 0.2) is 5.82 Å². The first-order valence-electron chi connectivity index (χ1n) is 10.0. The molecule has 0 aliphatic carbocycles. The molecule has 8 heteroatoms. The third kappa shape index (κ3) is 3.33. The fourth-order valence-electron chi connectivity index (χ4n) is 4.20. The van der Waals surface area contributed by atoms with E-state index in [-0.39, 0.29) is 5.91 Å². The smallest absolute Gasteiger partial charge is 0.248 e. The highest BCUT2D eigenvalue weighted by Gasteiger charge is 2.45. The van der Waals surface area contributed by atoms with Gasteiger partial charge in [0.2, 0.25) is 5.91 Å². The van der Waals surface area contributed by atoms with E-state index in [0.717, 1.165) is 41.8 Å². The summed E-state index contributed by atoms with van der Waals surface area (Å²) in [4.78, 5) is 34.0. The van der Waals surface area contributed by atoms with E-state index in [1.807, 2.05) is 44.0 Å². The van der Waals surface area contributed by atoms with Gasteiger partial charge in [0.1, 0.15) is 17.0 Å². The average molecular weight is 413 g/mol. The van der Waals surface area contributed by atoms with E-state index in [1.165, 1.54) is 0 Å². The van der Waals surface area contributed by atoms with Gasteiger partial charge < -0.3 is 14.8 Å². The SMILES string of the molecule is CCN(CC)C(=O)C1(C)CCCN1c1ccnc(-c2c[nH]c3ncc(Cl)cc23)n1. The van der Waals surface area contributed by atoms with Crippen molar-refractivity contribution in [1.29, 1.82) is 0 Å². The van der Waals surface area contributed by atoms with Crippen LogP contribution < -0.4 is 4.90 Å². The Labute approximate surface area is 175 Å². The summed E-state index contributed by atoms with van der Waals surface area (Å²) in [6.45, 7) is 8.26. The number of anilines is 1. The molecule has 1 aliphatic heterocycles. The topological polar surface area (TPSA) is 78.0 Å². The lowest BCUT2D eigenvalue weighted by molar-refractivity contribution is -0.135. The minimum atomic E-state index is -0.595. The first-order chi connectivity index (χ1) is 14.0. The number of hydrogen-bond donors (Lipinski definition) is 1. The van der Waals surface area contributed by atoms with E-state index in [2.05, 4.69) is 19.9 Å². The lowest BCUT2D eigenvalue weighted by Gasteiger charge is -2.38. The number of likely N-dealkylation sites (N-methyl/N-ethyl adjacent to an activating group) is 1. The van der Waals surface area contributed by atoms with Crippen LogP contribution in [-0.2, 0) is 4.79 Å². The molecule has 7 nitrogen and oxygen atoms in total. The molecular weight excluding hydrogens is 388 g/mol. The zero-order valence-electron chi connectivity index (χ0n) is 16.9. The van der Waals surface area contributed by atoms with E-state index in [1.54, 1.807) is 12.4 Å². The summed E-state index contributed by atoms with van der Waals surface area (Å²) in [5, 5.41) is 1.43. The quantitative estimate of drug-likeness (QED) is 0.687. The van der Waals surface area contributed by atoms with Crippen LogP contribution in [0.3, 0.4) is 0 Å². The Balaban J connectivity index is 1.73. The van der Waals surface area contributed by atoms with Gasteiger partial charge in [-0.15, -0.1) is 0 Å². The lowest BCUT2D eigenvalue weighted by Crippen LogP contribution is -2.55. The molecule has 1 saturated heterocycles. The standard InChI is InChI=1S/C21H25ClN6O/c1-4-27(5-2)20(29)21(3)8-6-10-28(21)17-7-9-23-19(26-17)16-13-25-18-15(16)11-14(22)12-24-18/h7,9,11-13H,4-6,8,10H2,1-3H3,(H,24,25). The zero-order valence-corrected chi connectivity index (χ0v) is 17.7. The summed E-state index contributed by atoms with van der Waals surface area (Å²) in [6, 6.07) is 3.73. The molecule has 0 radical (unpaired) electrons. The van der Waals surface area contributed by atoms with Crippen molar-refractivity contribution in [2.24, 2.45) is 0 Å². The number of fused-ring (bicyclic) bond motifs is 1. The van der Waals surface area contributed by atoms with Gasteiger partial charge in [0, 0.05) is 49.2 Å². The molecule has 29 heavy (non-hydrogen) atoms. The zero-order chi connectivity index (χ0) is 20.6. The number of nitrogens with zero attached hydrogens (tertiary/aromatic N) is 5. The van der Waals surface area contributed by atoms with Gasteiger partial charge in [-0.05, 0) is 45.7 Å². The van der Waals surface area contributed by atoms with Crippen molar-refractivity contribution in [3.63, 3.8) is 0 Å². The van der Waals surface area contributed by atoms with Crippen LogP contribution in [0.5, 0.6) is 0 Å². The van der Waals surface area contributed by atoms with Crippen molar-refractivity contribution >= 4 is 34.4 Å². The number of aromatic nitrogens is 4. The van der Waals surface area contributed by atoms with Gasteiger partial charge in [0.25, 0.3) is 0 Å². The molecule has 4 rings (SSSR count). The molecule has 1 atom stereocenters. The number of halogens is 1. The van der Waals surface area contributed by atoms with Gasteiger partial charge >= 0.3 is 0 Å². The molecule has 0 bridgehead atoms. The van der Waals surface area contributed by atoms with Crippen molar-refractivity contribution in [1.82, 2.24) is 24.8 Å². The molecule has 1 unspecified atom stereocenters. The van der Waals surface area contributed by atoms with Gasteiger partial charge in [-0.2, -0.15) is 0 Å². The number of aromatic amines is 1. The summed E-state index contributed by atoms with van der Waals surface area (Å²) >= 11 is 6.13. The van der Waals surface area contributed by atoms with Crippen LogP contribution in [0.2, 0.25) is 5.02 Å². The van der Waals surface area contributed by atoms with E-state index in [9.17, 15) is 4.79 Å². The van der Waals surface area contributed by atoms with Crippen LogP contribution in [0.1, 0.15) is 33.6 Å². The molecule has 1 fully saturated rings. The Morgan fingerprint density at radius 1 is 1.34 bits per heavy atom. The molecule has 0 spiro atoms. The maximum absolute atomic E-state index is 13.3. The number of amides is 1. The molecule has 0 aromatic carbocycles. The number of carbonyl (C=O) groups excluding carboxylic acids is 1. The third-order valence-corrected chi connectivity index (χ3v) is 6.02. The van der Waals surface area contributed by atoms with E-state index in [0.29, 0.717) is 23.9 Å². The van der Waals surface area contributed by atoms with Crippen molar-refractivity contribution < 1.29 is 4.79 Å². The summed E-state index contributed by atoms with van der Waals surface area (Å²) in [7, 11) is 0. The summed E-state index contributed by atoms with van der Waals surface area (Å²) < 4.78 is 0. The Hall–Kier alpha value is -2.67. The highest BCUT2D eigenvalue weighted by molar-refractivity contribution is 6.31. The Kier molecular flexibility index (Phi) is 5.17. The maximum Gasteiger partial charge on any atom is 0.248 e. The summed E-state index contributed by atoms with van der Waals surface area (Å²) in [5.74, 6) is 1.51. The predicted octanol–water partition coefficient (Wildman–Crippen LogP) is 3.90. The Bertz CT molecular complexity index is 1050. The molecule has 1 aliphatic rings. The second-order valence-corrected chi connectivity index (χ2v) is 7.93. The molecule has 4 heterocycles. The van der Waals surface area contributed by atoms with Gasteiger partial charge in [-0.25, -0.2) is 15.0 Å². The normalized spacial score (nSPS) is 19.1. The van der Waals surface area contributed by atoms with Gasteiger partial charge in [0.05, 0.1) is 5.02 Å². The van der Waals surface area contributed by atoms with Crippen LogP contribution in [0, 0.1) is 0 Å². The fraction of sp³-hybridized carbons (Fsp3) is 0.429. The number of pyridine rings is 1. The molecule has 3 aromatic heterocycles. The van der Waals surface area contributed by atoms with Crippen LogP contribution in [0.25, 0.3) is 22.4 Å². The first kappa shape index (κ1) is 19.6. The summed E-state index contributed by atoms with van der Waals surface area (Å²) in [6.07, 6.45) is 6.96. The highest BCUT2D eigenvalue weighted by Crippen LogP contribution is 2.36. The van der Waals surface area contributed by atoms with Gasteiger partial charge in [-0.1, -0.05) is 11.6 Å². The number of rotatable bonds is 5. The van der Waals surface area contributed by atoms with E-state index in [4.69, 9.17) is 16.6 Å². The highest BCUT2D eigenvalue weighted by atomic mass is 35.5. The van der Waals surface area contributed by atoms with Crippen molar-refractivity contribution in [2.75, 3.05) is 24.5 Å². The number of H-pyrrole nitrogens is 1. The monoisotopic (exact) mass is 412 g/mol. The number of nitrogens with one attached hydrogen (secondary N) is 1. The van der Waals surface area contributed by atoms with Crippen LogP contribution >= 0.6 is 11.6 Å². The Morgan fingerprint density at radius 2 is 2.14 bits per heavy atom. The second kappa shape index (κ2) is 7.63. The molecule has 0 saturated carbocycles. The minimum absolute atomic E-state index is 0.156. The summed E-state index contributed by atoms with van der Waals surface area (Å²) in [5.41, 5.74) is 0.983. The van der Waals surface area contributed by atoms with E-state index < -0.39 is 5.54 Å². The largest absolute Gasteiger partial charge is 0.345 e. The van der Waals surface area contributed by atoms with Crippen molar-refractivity contribution in [3.8, 4) is 11.4 Å². The predicted molar refractivity (Wildman–Crippen MR) is 115 cm³/mol. The molecular formula is C21H25ClN6O. The maximum atomic E-state index is 13.3. The lowest BCUT2D eigenvalue weighted by atomic mass is 9.96. The number of carbonyl (C=O) groups is 1. The first-order valence-corrected chi connectivity index (χ1v) is 10.4. The van der Waals surface area contributed by atoms with Crippen LogP contribution in [0.4, 0.5) is 5.82 Å². The Morgan fingerprint density at radius 3 is 2.90 bits per heavy atom. The van der Waals surface area contributed by atoms with Crippen molar-refractivity contribution in [2.45, 2.75) is 39.2 Å². The second-order valence-electron chi connectivity index (χ2n) is 7.50. The number of hydrogen-bond acceptors (Lipinski definition) is 5. The minimum Gasteiger partial charge on any atom is -0.345 e. The average Bonchev–Trinajstić information content (AvgIpc) is 3.33. The van der Waals surface area contributed by atoms with Gasteiger partial charge in [-0.3, -0.25) is 4.79 Å². The molecule has 3 aromatic rings. The fourth-order valence-corrected chi connectivity index (χ4v) is 4.35. The van der Waals surface area contributed by atoms with E-state index >= 15 is 0 Å². The third-order valence-electron chi connectivity index (χ3n) is 5.81. The molecule has 1 N–H and O–H groups in total. The molecule has 1 amide bonds. The molecule has 152 valence electrons. The van der Waals surface area contributed by atoms with Crippen LogP contribution in [-0.4, -0.2) is 55.9 Å².